The highest BCUT2D eigenvalue weighted by molar-refractivity contribution is 5.84. The molecule has 4 saturated carbocycles. The molecule has 0 heterocycles. The van der Waals surface area contributed by atoms with Crippen LogP contribution in [-0.4, -0.2) is 22.0 Å². The predicted octanol–water partition coefficient (Wildman–Crippen LogP) is 7.47. The highest BCUT2D eigenvalue weighted by Gasteiger charge is 2.72. The summed E-state index contributed by atoms with van der Waals surface area (Å²) in [6.45, 7) is 15.8. The van der Waals surface area contributed by atoms with Crippen molar-refractivity contribution in [2.24, 2.45) is 56.2 Å². The predicted molar refractivity (Wildman–Crippen MR) is 142 cm³/mol. The summed E-state index contributed by atoms with van der Waals surface area (Å²) in [5, 5.41) is 30.9. The van der Waals surface area contributed by atoms with E-state index in [2.05, 4.69) is 54.5 Å². The Morgan fingerprint density at radius 2 is 1.62 bits per heavy atom. The molecule has 204 valence electrons. The third-order valence-corrected chi connectivity index (χ3v) is 13.4. The van der Waals surface area contributed by atoms with E-state index in [1.165, 1.54) is 0 Å². The van der Waals surface area contributed by atoms with Gasteiger partial charge in [0.25, 0.3) is 0 Å². The standard InChI is InChI=1S/C32H47NO4/c1-27(2)10-12-32(17-24(35)36)13-11-31(7)25(20(32)16-27)21(34)14-23-29(5)15-19(18-33)26(37)28(3,4)22(29)8-9-30(23,31)6/h20,22-23,25,37H,8-17H2,1-7H3,(H,35,36)/t20?,22-,23+,25?,29-,30+,31+,32+/m0/s1. The summed E-state index contributed by atoms with van der Waals surface area (Å²) in [7, 11) is 0. The van der Waals surface area contributed by atoms with Gasteiger partial charge in [0.2, 0.25) is 0 Å². The van der Waals surface area contributed by atoms with Crippen LogP contribution < -0.4 is 0 Å². The van der Waals surface area contributed by atoms with Crippen molar-refractivity contribution in [2.75, 3.05) is 0 Å². The lowest BCUT2D eigenvalue weighted by Crippen LogP contribution is -2.68. The molecule has 5 nitrogen and oxygen atoms in total. The van der Waals surface area contributed by atoms with E-state index in [0.29, 0.717) is 24.2 Å². The van der Waals surface area contributed by atoms with E-state index in [-0.39, 0.29) is 62.9 Å². The Kier molecular flexibility index (Phi) is 5.68. The number of hydrogen-bond donors (Lipinski definition) is 2. The fourth-order valence-corrected chi connectivity index (χ4v) is 11.3. The zero-order chi connectivity index (χ0) is 27.4. The number of carboxylic acids is 1. The van der Waals surface area contributed by atoms with Crippen LogP contribution in [0.5, 0.6) is 0 Å². The average molecular weight is 510 g/mol. The fraction of sp³-hybridized carbons (Fsp3) is 0.844. The number of hydrogen-bond acceptors (Lipinski definition) is 4. The zero-order valence-electron chi connectivity index (χ0n) is 24.0. The number of aliphatic hydroxyl groups is 1. The van der Waals surface area contributed by atoms with Gasteiger partial charge >= 0.3 is 5.97 Å². The maximum Gasteiger partial charge on any atom is 0.303 e. The molecule has 0 bridgehead atoms. The van der Waals surface area contributed by atoms with Crippen molar-refractivity contribution in [1.82, 2.24) is 0 Å². The summed E-state index contributed by atoms with van der Waals surface area (Å²) >= 11 is 0. The summed E-state index contributed by atoms with van der Waals surface area (Å²) in [6, 6.07) is 2.31. The Morgan fingerprint density at radius 1 is 0.973 bits per heavy atom. The van der Waals surface area contributed by atoms with Crippen molar-refractivity contribution >= 4 is 11.8 Å². The van der Waals surface area contributed by atoms with Crippen LogP contribution in [0.2, 0.25) is 0 Å². The Bertz CT molecular complexity index is 1110. The maximum absolute atomic E-state index is 14.4. The van der Waals surface area contributed by atoms with Gasteiger partial charge in [-0.25, -0.2) is 0 Å². The number of carbonyl (C=O) groups is 2. The van der Waals surface area contributed by atoms with Crippen LogP contribution in [0.15, 0.2) is 11.3 Å². The van der Waals surface area contributed by atoms with E-state index in [0.717, 1.165) is 44.9 Å². The SMILES string of the molecule is CC1(C)CC[C@]2(CC(=O)O)CC[C@]3(C)C(C(=O)C[C@@H]4[C@@]5(C)CC(C#N)=C(O)C(C)(C)[C@@H]5CC[C@]43C)C2C1. The Labute approximate surface area is 223 Å². The summed E-state index contributed by atoms with van der Waals surface area (Å²) in [6.07, 6.45) is 7.86. The Hall–Kier alpha value is -1.83. The molecule has 5 rings (SSSR count). The van der Waals surface area contributed by atoms with E-state index >= 15 is 0 Å². The lowest BCUT2D eigenvalue weighted by Gasteiger charge is -2.72. The molecular formula is C32H47NO4. The topological polar surface area (TPSA) is 98.4 Å². The molecule has 2 N–H and O–H groups in total. The smallest absolute Gasteiger partial charge is 0.303 e. The summed E-state index contributed by atoms with van der Waals surface area (Å²) in [5.74, 6) is 0.222. The molecular weight excluding hydrogens is 462 g/mol. The van der Waals surface area contributed by atoms with Gasteiger partial charge in [0.05, 0.1) is 18.1 Å². The molecule has 4 fully saturated rings. The van der Waals surface area contributed by atoms with Gasteiger partial charge in [-0.15, -0.1) is 0 Å². The highest BCUT2D eigenvalue weighted by atomic mass is 16.4. The van der Waals surface area contributed by atoms with Gasteiger partial charge in [-0.3, -0.25) is 9.59 Å². The number of Topliss-reactive ketones (excluding diaryl/α,β-unsaturated/α-hetero) is 1. The van der Waals surface area contributed by atoms with Gasteiger partial charge < -0.3 is 10.2 Å². The average Bonchev–Trinajstić information content (AvgIpc) is 2.78. The molecule has 0 aromatic heterocycles. The molecule has 5 aliphatic carbocycles. The summed E-state index contributed by atoms with van der Waals surface area (Å²) < 4.78 is 0. The van der Waals surface area contributed by atoms with Crippen LogP contribution in [0.3, 0.4) is 0 Å². The molecule has 0 spiro atoms. The van der Waals surface area contributed by atoms with Crippen LogP contribution in [-0.2, 0) is 9.59 Å². The normalized spacial score (nSPS) is 48.1. The van der Waals surface area contributed by atoms with Gasteiger partial charge in [0, 0.05) is 17.8 Å². The van der Waals surface area contributed by atoms with Crippen molar-refractivity contribution in [3.8, 4) is 6.07 Å². The molecule has 0 saturated heterocycles. The Balaban J connectivity index is 1.61. The molecule has 0 aromatic carbocycles. The molecule has 5 heteroatoms. The van der Waals surface area contributed by atoms with E-state index in [1.807, 2.05) is 0 Å². The second kappa shape index (κ2) is 7.86. The third kappa shape index (κ3) is 3.39. The largest absolute Gasteiger partial charge is 0.511 e. The molecule has 0 amide bonds. The lowest BCUT2D eigenvalue weighted by atomic mass is 9.31. The zero-order valence-corrected chi connectivity index (χ0v) is 24.0. The minimum absolute atomic E-state index is 0.0720. The van der Waals surface area contributed by atoms with E-state index in [9.17, 15) is 25.1 Å². The van der Waals surface area contributed by atoms with Gasteiger partial charge in [-0.2, -0.15) is 5.26 Å². The fourth-order valence-electron chi connectivity index (χ4n) is 11.3. The first-order valence-corrected chi connectivity index (χ1v) is 14.5. The van der Waals surface area contributed by atoms with Crippen LogP contribution in [0.25, 0.3) is 0 Å². The van der Waals surface area contributed by atoms with Crippen LogP contribution in [0.4, 0.5) is 0 Å². The molecule has 8 atom stereocenters. The van der Waals surface area contributed by atoms with Crippen molar-refractivity contribution in [3.63, 3.8) is 0 Å². The second-order valence-electron chi connectivity index (χ2n) is 15.9. The minimum Gasteiger partial charge on any atom is -0.511 e. The van der Waals surface area contributed by atoms with E-state index in [4.69, 9.17) is 0 Å². The molecule has 0 radical (unpaired) electrons. The van der Waals surface area contributed by atoms with Crippen LogP contribution in [0.1, 0.15) is 113 Å². The number of ketones is 1. The van der Waals surface area contributed by atoms with E-state index in [1.54, 1.807) is 0 Å². The summed E-state index contributed by atoms with van der Waals surface area (Å²) in [4.78, 5) is 26.5. The van der Waals surface area contributed by atoms with Gasteiger partial charge in [0.15, 0.2) is 0 Å². The number of allylic oxidation sites excluding steroid dienone is 2. The second-order valence-corrected chi connectivity index (χ2v) is 15.9. The number of fused-ring (bicyclic) bond motifs is 7. The van der Waals surface area contributed by atoms with Crippen LogP contribution >= 0.6 is 0 Å². The Morgan fingerprint density at radius 3 is 2.24 bits per heavy atom. The monoisotopic (exact) mass is 509 g/mol. The molecule has 37 heavy (non-hydrogen) atoms. The number of aliphatic carboxylic acids is 1. The number of rotatable bonds is 2. The van der Waals surface area contributed by atoms with Crippen molar-refractivity contribution in [3.05, 3.63) is 11.3 Å². The van der Waals surface area contributed by atoms with Gasteiger partial charge in [0.1, 0.15) is 11.5 Å². The van der Waals surface area contributed by atoms with Gasteiger partial charge in [-0.05, 0) is 96.2 Å². The van der Waals surface area contributed by atoms with Crippen molar-refractivity contribution < 1.29 is 19.8 Å². The molecule has 0 aromatic rings. The van der Waals surface area contributed by atoms with E-state index < -0.39 is 11.4 Å². The number of aliphatic hydroxyl groups excluding tert-OH is 1. The number of carboxylic acid groups (broad SMARTS) is 1. The first-order valence-electron chi connectivity index (χ1n) is 14.5. The number of carbonyl (C=O) groups excluding carboxylic acids is 1. The number of nitrogens with zero attached hydrogens (tertiary/aromatic N) is 1. The quantitative estimate of drug-likeness (QED) is 0.402. The minimum atomic E-state index is -0.728. The lowest BCUT2D eigenvalue weighted by molar-refractivity contribution is -0.232. The maximum atomic E-state index is 14.4. The van der Waals surface area contributed by atoms with Crippen molar-refractivity contribution in [2.45, 2.75) is 113 Å². The van der Waals surface area contributed by atoms with Gasteiger partial charge in [-0.1, -0.05) is 48.5 Å². The first-order chi connectivity index (χ1) is 17.0. The highest BCUT2D eigenvalue weighted by Crippen LogP contribution is 2.76. The summed E-state index contributed by atoms with van der Waals surface area (Å²) in [5.41, 5.74) is -0.662. The third-order valence-electron chi connectivity index (χ3n) is 13.4. The molecule has 2 unspecified atom stereocenters. The van der Waals surface area contributed by atoms with Crippen molar-refractivity contribution in [1.29, 1.82) is 5.26 Å². The van der Waals surface area contributed by atoms with Crippen LogP contribution in [0, 0.1) is 67.5 Å². The first kappa shape index (κ1) is 26.8. The molecule has 5 aliphatic rings. The number of nitriles is 1. The molecule has 0 aliphatic heterocycles.